The van der Waals surface area contributed by atoms with E-state index in [4.69, 9.17) is 4.74 Å². The van der Waals surface area contributed by atoms with E-state index in [1.165, 1.54) is 44.6 Å². The zero-order valence-corrected chi connectivity index (χ0v) is 19.0. The standard InChI is InChI=1S/C28H33NO/c1-17(2)23-12-14-24(15-13-23)26-21(6)30-28-19(4)18(3)27(20(5)25(26)28)29-16-22-10-8-7-9-11-22/h7-15,17,21,26,29H,16H2,1-6H3/t21-,26-/m0/s1. The van der Waals surface area contributed by atoms with Crippen LogP contribution in [0.25, 0.3) is 0 Å². The van der Waals surface area contributed by atoms with Crippen molar-refractivity contribution in [1.82, 2.24) is 0 Å². The van der Waals surface area contributed by atoms with Gasteiger partial charge in [0.15, 0.2) is 0 Å². The molecule has 1 aliphatic heterocycles. The smallest absolute Gasteiger partial charge is 0.127 e. The topological polar surface area (TPSA) is 21.3 Å². The van der Waals surface area contributed by atoms with Gasteiger partial charge in [-0.05, 0) is 67.0 Å². The second-order valence-corrected chi connectivity index (χ2v) is 8.95. The molecule has 2 nitrogen and oxygen atoms in total. The average molecular weight is 400 g/mol. The van der Waals surface area contributed by atoms with Crippen LogP contribution in [-0.4, -0.2) is 6.10 Å². The molecule has 2 heteroatoms. The minimum atomic E-state index is 0.131. The third kappa shape index (κ3) is 3.60. The molecule has 0 aromatic heterocycles. The molecular weight excluding hydrogens is 366 g/mol. The lowest BCUT2D eigenvalue weighted by atomic mass is 9.83. The van der Waals surface area contributed by atoms with E-state index in [2.05, 4.69) is 101 Å². The minimum absolute atomic E-state index is 0.131. The highest BCUT2D eigenvalue weighted by Crippen LogP contribution is 2.49. The monoisotopic (exact) mass is 399 g/mol. The van der Waals surface area contributed by atoms with E-state index in [0.717, 1.165) is 12.3 Å². The van der Waals surface area contributed by atoms with Crippen LogP contribution >= 0.6 is 0 Å². The molecule has 2 atom stereocenters. The first-order chi connectivity index (χ1) is 14.4. The largest absolute Gasteiger partial charge is 0.489 e. The van der Waals surface area contributed by atoms with Crippen molar-refractivity contribution in [1.29, 1.82) is 0 Å². The average Bonchev–Trinajstić information content (AvgIpc) is 3.10. The highest BCUT2D eigenvalue weighted by molar-refractivity contribution is 5.70. The molecule has 0 saturated carbocycles. The molecule has 1 aliphatic rings. The van der Waals surface area contributed by atoms with Crippen LogP contribution in [0.4, 0.5) is 5.69 Å². The third-order valence-electron chi connectivity index (χ3n) is 6.66. The molecule has 1 N–H and O–H groups in total. The predicted molar refractivity (Wildman–Crippen MR) is 127 cm³/mol. The van der Waals surface area contributed by atoms with Crippen molar-refractivity contribution >= 4 is 5.69 Å². The Morgan fingerprint density at radius 2 is 1.53 bits per heavy atom. The maximum atomic E-state index is 6.43. The van der Waals surface area contributed by atoms with Gasteiger partial charge in [-0.25, -0.2) is 0 Å². The molecule has 0 fully saturated rings. The highest BCUT2D eigenvalue weighted by Gasteiger charge is 2.36. The van der Waals surface area contributed by atoms with E-state index >= 15 is 0 Å². The van der Waals surface area contributed by atoms with E-state index in [1.807, 2.05) is 0 Å². The molecule has 0 bridgehead atoms. The van der Waals surface area contributed by atoms with E-state index in [-0.39, 0.29) is 12.0 Å². The van der Waals surface area contributed by atoms with Gasteiger partial charge in [0.05, 0.1) is 0 Å². The Morgan fingerprint density at radius 1 is 0.867 bits per heavy atom. The van der Waals surface area contributed by atoms with Crippen molar-refractivity contribution in [3.63, 3.8) is 0 Å². The molecule has 0 amide bonds. The Morgan fingerprint density at radius 3 is 2.17 bits per heavy atom. The fourth-order valence-corrected chi connectivity index (χ4v) is 4.74. The van der Waals surface area contributed by atoms with Crippen LogP contribution in [0, 0.1) is 20.8 Å². The summed E-state index contributed by atoms with van der Waals surface area (Å²) in [6.45, 7) is 14.2. The molecule has 1 heterocycles. The van der Waals surface area contributed by atoms with Gasteiger partial charge in [0.2, 0.25) is 0 Å². The summed E-state index contributed by atoms with van der Waals surface area (Å²) < 4.78 is 6.43. The molecule has 0 radical (unpaired) electrons. The summed E-state index contributed by atoms with van der Waals surface area (Å²) >= 11 is 0. The first kappa shape index (κ1) is 20.5. The lowest BCUT2D eigenvalue weighted by molar-refractivity contribution is 0.237. The first-order valence-electron chi connectivity index (χ1n) is 11.1. The van der Waals surface area contributed by atoms with Crippen molar-refractivity contribution in [2.75, 3.05) is 5.32 Å². The van der Waals surface area contributed by atoms with Crippen molar-refractivity contribution in [2.45, 2.75) is 66.0 Å². The van der Waals surface area contributed by atoms with Gasteiger partial charge in [-0.3, -0.25) is 0 Å². The highest BCUT2D eigenvalue weighted by atomic mass is 16.5. The normalized spacial score (nSPS) is 17.7. The van der Waals surface area contributed by atoms with E-state index < -0.39 is 0 Å². The summed E-state index contributed by atoms with van der Waals surface area (Å²) in [6, 6.07) is 19.7. The van der Waals surface area contributed by atoms with Crippen LogP contribution in [0.5, 0.6) is 5.75 Å². The van der Waals surface area contributed by atoms with E-state index in [0.29, 0.717) is 5.92 Å². The lowest BCUT2D eigenvalue weighted by Gasteiger charge is -2.21. The summed E-state index contributed by atoms with van der Waals surface area (Å²) in [5.74, 6) is 1.89. The molecule has 30 heavy (non-hydrogen) atoms. The van der Waals surface area contributed by atoms with Gasteiger partial charge in [0, 0.05) is 23.7 Å². The van der Waals surface area contributed by atoms with Crippen molar-refractivity contribution < 1.29 is 4.74 Å². The third-order valence-corrected chi connectivity index (χ3v) is 6.66. The van der Waals surface area contributed by atoms with E-state index in [9.17, 15) is 0 Å². The minimum Gasteiger partial charge on any atom is -0.489 e. The quantitative estimate of drug-likeness (QED) is 0.487. The number of fused-ring (bicyclic) bond motifs is 1. The number of rotatable bonds is 5. The van der Waals surface area contributed by atoms with Gasteiger partial charge >= 0.3 is 0 Å². The molecule has 0 unspecified atom stereocenters. The van der Waals surface area contributed by atoms with Gasteiger partial charge in [0.25, 0.3) is 0 Å². The zero-order valence-electron chi connectivity index (χ0n) is 19.0. The lowest BCUT2D eigenvalue weighted by Crippen LogP contribution is -2.16. The molecule has 0 aliphatic carbocycles. The summed E-state index contributed by atoms with van der Waals surface area (Å²) in [5.41, 5.74) is 10.4. The van der Waals surface area contributed by atoms with Crippen LogP contribution in [-0.2, 0) is 6.54 Å². The maximum absolute atomic E-state index is 6.43. The van der Waals surface area contributed by atoms with Gasteiger partial charge in [-0.1, -0.05) is 68.4 Å². The Kier molecular flexibility index (Phi) is 5.60. The summed E-state index contributed by atoms with van der Waals surface area (Å²) in [6.07, 6.45) is 0.131. The number of nitrogens with one attached hydrogen (secondary N) is 1. The Balaban J connectivity index is 1.74. The van der Waals surface area contributed by atoms with Gasteiger partial charge in [0.1, 0.15) is 11.9 Å². The number of anilines is 1. The van der Waals surface area contributed by atoms with Crippen LogP contribution in [0.2, 0.25) is 0 Å². The van der Waals surface area contributed by atoms with Crippen molar-refractivity contribution in [2.24, 2.45) is 0 Å². The SMILES string of the molecule is Cc1c(C)c2c(c(C)c1NCc1ccccc1)[C@H](c1ccc(C(C)C)cc1)[C@H](C)O2. The van der Waals surface area contributed by atoms with Crippen LogP contribution in [0.1, 0.15) is 71.6 Å². The predicted octanol–water partition coefficient (Wildman–Crippen LogP) is 7.26. The molecule has 4 rings (SSSR count). The zero-order chi connectivity index (χ0) is 21.4. The summed E-state index contributed by atoms with van der Waals surface area (Å²) in [4.78, 5) is 0. The second-order valence-electron chi connectivity index (χ2n) is 8.95. The molecule has 156 valence electrons. The number of hydrogen-bond donors (Lipinski definition) is 1. The van der Waals surface area contributed by atoms with Crippen LogP contribution < -0.4 is 10.1 Å². The molecule has 0 saturated heterocycles. The fourth-order valence-electron chi connectivity index (χ4n) is 4.74. The van der Waals surface area contributed by atoms with Crippen LogP contribution in [0.3, 0.4) is 0 Å². The Labute approximate surface area is 181 Å². The second kappa shape index (κ2) is 8.18. The fraction of sp³-hybridized carbons (Fsp3) is 0.357. The molecule has 3 aromatic rings. The molecule has 0 spiro atoms. The molecule has 3 aromatic carbocycles. The number of hydrogen-bond acceptors (Lipinski definition) is 2. The van der Waals surface area contributed by atoms with Crippen LogP contribution in [0.15, 0.2) is 54.6 Å². The van der Waals surface area contributed by atoms with Gasteiger partial charge < -0.3 is 10.1 Å². The molecular formula is C28H33NO. The maximum Gasteiger partial charge on any atom is 0.127 e. The Hall–Kier alpha value is -2.74. The number of benzene rings is 3. The van der Waals surface area contributed by atoms with Crippen molar-refractivity contribution in [3.8, 4) is 5.75 Å². The van der Waals surface area contributed by atoms with E-state index in [1.54, 1.807) is 0 Å². The number of ether oxygens (including phenoxy) is 1. The Bertz CT molecular complexity index is 1030. The van der Waals surface area contributed by atoms with Crippen molar-refractivity contribution in [3.05, 3.63) is 93.5 Å². The van der Waals surface area contributed by atoms with Gasteiger partial charge in [-0.2, -0.15) is 0 Å². The summed E-state index contributed by atoms with van der Waals surface area (Å²) in [7, 11) is 0. The first-order valence-corrected chi connectivity index (χ1v) is 11.1. The summed E-state index contributed by atoms with van der Waals surface area (Å²) in [5, 5.41) is 3.72. The van der Waals surface area contributed by atoms with Gasteiger partial charge in [-0.15, -0.1) is 0 Å².